The molecule has 1 aliphatic heterocycles. The highest BCUT2D eigenvalue weighted by atomic mass is 16.2. The Morgan fingerprint density at radius 3 is 2.38 bits per heavy atom. The third kappa shape index (κ3) is 4.93. The molecule has 1 aliphatic rings. The smallest absolute Gasteiger partial charge is 0.322 e. The SMILES string of the molecule is CCC(C)NC(=O)CN1C(=O)CN(C(=O)NCc2ccccc2)c2ccccc21. The number of hydrogen-bond donors (Lipinski definition) is 2. The van der Waals surface area contributed by atoms with Crippen molar-refractivity contribution in [3.05, 3.63) is 60.2 Å². The Bertz CT molecular complexity index is 885. The molecule has 1 heterocycles. The summed E-state index contributed by atoms with van der Waals surface area (Å²) >= 11 is 0. The van der Waals surface area contributed by atoms with Gasteiger partial charge in [-0.15, -0.1) is 0 Å². The van der Waals surface area contributed by atoms with Gasteiger partial charge < -0.3 is 10.6 Å². The van der Waals surface area contributed by atoms with Gasteiger partial charge >= 0.3 is 6.03 Å². The Labute approximate surface area is 170 Å². The molecule has 1 atom stereocenters. The number of amides is 4. The van der Waals surface area contributed by atoms with Crippen LogP contribution in [0.1, 0.15) is 25.8 Å². The maximum absolute atomic E-state index is 12.8. The first-order valence-electron chi connectivity index (χ1n) is 9.77. The average Bonchev–Trinajstić information content (AvgIpc) is 2.74. The number of carbonyl (C=O) groups is 3. The molecule has 0 aromatic heterocycles. The monoisotopic (exact) mass is 394 g/mol. The molecule has 4 amide bonds. The van der Waals surface area contributed by atoms with Crippen LogP contribution in [-0.4, -0.2) is 37.0 Å². The van der Waals surface area contributed by atoms with Crippen LogP contribution in [0, 0.1) is 0 Å². The summed E-state index contributed by atoms with van der Waals surface area (Å²) < 4.78 is 0. The first-order chi connectivity index (χ1) is 14.0. The van der Waals surface area contributed by atoms with Crippen LogP contribution >= 0.6 is 0 Å². The standard InChI is InChI=1S/C22H26N4O3/c1-3-16(2)24-20(27)14-25-18-11-7-8-12-19(18)26(15-21(25)28)22(29)23-13-17-9-5-4-6-10-17/h4-12,16H,3,13-15H2,1-2H3,(H,23,29)(H,24,27). The lowest BCUT2D eigenvalue weighted by atomic mass is 10.1. The summed E-state index contributed by atoms with van der Waals surface area (Å²) in [5.41, 5.74) is 2.13. The van der Waals surface area contributed by atoms with Crippen LogP contribution in [0.3, 0.4) is 0 Å². The third-order valence-electron chi connectivity index (χ3n) is 4.91. The third-order valence-corrected chi connectivity index (χ3v) is 4.91. The van der Waals surface area contributed by atoms with Crippen molar-refractivity contribution in [2.24, 2.45) is 0 Å². The Balaban J connectivity index is 1.74. The molecular weight excluding hydrogens is 368 g/mol. The highest BCUT2D eigenvalue weighted by Gasteiger charge is 2.33. The van der Waals surface area contributed by atoms with Crippen LogP contribution in [-0.2, 0) is 16.1 Å². The average molecular weight is 394 g/mol. The van der Waals surface area contributed by atoms with Crippen molar-refractivity contribution in [2.45, 2.75) is 32.9 Å². The van der Waals surface area contributed by atoms with E-state index in [1.165, 1.54) is 9.80 Å². The van der Waals surface area contributed by atoms with Crippen molar-refractivity contribution < 1.29 is 14.4 Å². The van der Waals surface area contributed by atoms with E-state index in [2.05, 4.69) is 10.6 Å². The molecular formula is C22H26N4O3. The fourth-order valence-corrected chi connectivity index (χ4v) is 3.15. The fourth-order valence-electron chi connectivity index (χ4n) is 3.15. The summed E-state index contributed by atoms with van der Waals surface area (Å²) in [5, 5.41) is 5.73. The normalized spacial score (nSPS) is 14.2. The molecule has 7 heteroatoms. The number of fused-ring (bicyclic) bond motifs is 1. The molecule has 2 aromatic rings. The van der Waals surface area contributed by atoms with Gasteiger partial charge in [-0.25, -0.2) is 4.79 Å². The highest BCUT2D eigenvalue weighted by molar-refractivity contribution is 6.12. The van der Waals surface area contributed by atoms with E-state index in [0.717, 1.165) is 12.0 Å². The van der Waals surface area contributed by atoms with Crippen molar-refractivity contribution in [3.8, 4) is 0 Å². The van der Waals surface area contributed by atoms with E-state index in [0.29, 0.717) is 17.9 Å². The molecule has 0 saturated heterocycles. The maximum atomic E-state index is 12.8. The van der Waals surface area contributed by atoms with Gasteiger partial charge in [-0.1, -0.05) is 49.4 Å². The minimum Gasteiger partial charge on any atom is -0.352 e. The lowest BCUT2D eigenvalue weighted by Crippen LogP contribution is -2.53. The van der Waals surface area contributed by atoms with Gasteiger partial charge in [0.15, 0.2) is 0 Å². The van der Waals surface area contributed by atoms with E-state index in [-0.39, 0.29) is 37.0 Å². The zero-order valence-corrected chi connectivity index (χ0v) is 16.7. The summed E-state index contributed by atoms with van der Waals surface area (Å²) in [5.74, 6) is -0.512. The largest absolute Gasteiger partial charge is 0.352 e. The van der Waals surface area contributed by atoms with Crippen molar-refractivity contribution in [2.75, 3.05) is 22.9 Å². The van der Waals surface area contributed by atoms with Crippen molar-refractivity contribution in [3.63, 3.8) is 0 Å². The topological polar surface area (TPSA) is 81.8 Å². The number of nitrogens with one attached hydrogen (secondary N) is 2. The van der Waals surface area contributed by atoms with Crippen molar-refractivity contribution >= 4 is 29.2 Å². The van der Waals surface area contributed by atoms with E-state index >= 15 is 0 Å². The minimum atomic E-state index is -0.349. The van der Waals surface area contributed by atoms with E-state index in [4.69, 9.17) is 0 Å². The molecule has 7 nitrogen and oxygen atoms in total. The first kappa shape index (κ1) is 20.4. The van der Waals surface area contributed by atoms with E-state index in [1.807, 2.05) is 50.2 Å². The quantitative estimate of drug-likeness (QED) is 0.790. The van der Waals surface area contributed by atoms with E-state index in [1.54, 1.807) is 18.2 Å². The Morgan fingerprint density at radius 2 is 1.69 bits per heavy atom. The lowest BCUT2D eigenvalue weighted by molar-refractivity contribution is -0.123. The van der Waals surface area contributed by atoms with Gasteiger partial charge in [0, 0.05) is 12.6 Å². The molecule has 3 rings (SSSR count). The summed E-state index contributed by atoms with van der Waals surface area (Å²) in [7, 11) is 0. The van der Waals surface area contributed by atoms with Gasteiger partial charge in [0.1, 0.15) is 13.1 Å². The van der Waals surface area contributed by atoms with Crippen molar-refractivity contribution in [1.82, 2.24) is 10.6 Å². The second-order valence-electron chi connectivity index (χ2n) is 7.08. The predicted molar refractivity (Wildman–Crippen MR) is 113 cm³/mol. The Kier molecular flexibility index (Phi) is 6.49. The van der Waals surface area contributed by atoms with Gasteiger partial charge in [-0.05, 0) is 31.0 Å². The number of hydrogen-bond acceptors (Lipinski definition) is 3. The number of nitrogens with zero attached hydrogens (tertiary/aromatic N) is 2. The first-order valence-corrected chi connectivity index (χ1v) is 9.77. The molecule has 0 aliphatic carbocycles. The zero-order valence-electron chi connectivity index (χ0n) is 16.7. The van der Waals surface area contributed by atoms with Crippen molar-refractivity contribution in [1.29, 1.82) is 0 Å². The lowest BCUT2D eigenvalue weighted by Gasteiger charge is -2.35. The van der Waals surface area contributed by atoms with Gasteiger partial charge in [0.2, 0.25) is 11.8 Å². The second-order valence-corrected chi connectivity index (χ2v) is 7.08. The van der Waals surface area contributed by atoms with Gasteiger partial charge in [-0.3, -0.25) is 19.4 Å². The number of rotatable bonds is 6. The zero-order chi connectivity index (χ0) is 20.8. The predicted octanol–water partition coefficient (Wildman–Crippen LogP) is 2.66. The molecule has 0 radical (unpaired) electrons. The minimum absolute atomic E-state index is 0.0397. The van der Waals surface area contributed by atoms with Gasteiger partial charge in [0.25, 0.3) is 0 Å². The fraction of sp³-hybridized carbons (Fsp3) is 0.318. The van der Waals surface area contributed by atoms with Crippen LogP contribution in [0.25, 0.3) is 0 Å². The summed E-state index contributed by atoms with van der Waals surface area (Å²) in [4.78, 5) is 40.7. The molecule has 29 heavy (non-hydrogen) atoms. The summed E-state index contributed by atoms with van der Waals surface area (Å²) in [6.07, 6.45) is 0.811. The molecule has 0 fully saturated rings. The van der Waals surface area contributed by atoms with Crippen LogP contribution in [0.15, 0.2) is 54.6 Å². The van der Waals surface area contributed by atoms with Crippen LogP contribution in [0.2, 0.25) is 0 Å². The number of para-hydroxylation sites is 2. The van der Waals surface area contributed by atoms with E-state index in [9.17, 15) is 14.4 Å². The second kappa shape index (κ2) is 9.23. The molecule has 152 valence electrons. The van der Waals surface area contributed by atoms with E-state index < -0.39 is 0 Å². The number of carbonyl (C=O) groups excluding carboxylic acids is 3. The number of anilines is 2. The highest BCUT2D eigenvalue weighted by Crippen LogP contribution is 2.33. The molecule has 0 spiro atoms. The Hall–Kier alpha value is -3.35. The van der Waals surface area contributed by atoms with Gasteiger partial charge in [-0.2, -0.15) is 0 Å². The molecule has 0 saturated carbocycles. The summed E-state index contributed by atoms with van der Waals surface area (Å²) in [6, 6.07) is 16.4. The molecule has 2 aromatic carbocycles. The summed E-state index contributed by atoms with van der Waals surface area (Å²) in [6.45, 7) is 4.09. The maximum Gasteiger partial charge on any atom is 0.322 e. The Morgan fingerprint density at radius 1 is 1.03 bits per heavy atom. The van der Waals surface area contributed by atoms with Crippen LogP contribution in [0.4, 0.5) is 16.2 Å². The van der Waals surface area contributed by atoms with Gasteiger partial charge in [0.05, 0.1) is 11.4 Å². The van der Waals surface area contributed by atoms with Crippen LogP contribution < -0.4 is 20.4 Å². The molecule has 1 unspecified atom stereocenters. The molecule has 0 bridgehead atoms. The van der Waals surface area contributed by atoms with Crippen LogP contribution in [0.5, 0.6) is 0 Å². The number of urea groups is 1. The number of benzene rings is 2. The molecule has 2 N–H and O–H groups in total.